The average Bonchev–Trinajstić information content (AvgIpc) is 3.90. The third kappa shape index (κ3) is 10.5. The van der Waals surface area contributed by atoms with E-state index in [1.807, 2.05) is 24.0 Å². The Morgan fingerprint density at radius 1 is 0.678 bits per heavy atom. The number of nitrogens with zero attached hydrogens (tertiary/aromatic N) is 7. The molecule has 6 aromatic rings. The third-order valence-electron chi connectivity index (χ3n) is 10.4. The van der Waals surface area contributed by atoms with Crippen LogP contribution in [0.25, 0.3) is 22.3 Å². The van der Waals surface area contributed by atoms with E-state index in [0.717, 1.165) is 25.2 Å². The summed E-state index contributed by atoms with van der Waals surface area (Å²) in [6.07, 6.45) is 3.37. The van der Waals surface area contributed by atoms with E-state index in [4.69, 9.17) is 14.6 Å². The summed E-state index contributed by atoms with van der Waals surface area (Å²) in [4.78, 5) is 53.1. The number of halogens is 2. The van der Waals surface area contributed by atoms with Crippen LogP contribution < -0.4 is 14.8 Å². The maximum atomic E-state index is 13.3. The first-order chi connectivity index (χ1) is 28.3. The molecule has 6 heterocycles. The van der Waals surface area contributed by atoms with Crippen molar-refractivity contribution in [3.8, 4) is 11.8 Å². The predicted molar refractivity (Wildman–Crippen MR) is 218 cm³/mol. The quantitative estimate of drug-likeness (QED) is 0.152. The molecule has 0 spiro atoms. The zero-order valence-electron chi connectivity index (χ0n) is 33.9. The first-order valence-corrected chi connectivity index (χ1v) is 19.4. The summed E-state index contributed by atoms with van der Waals surface area (Å²) in [5, 5.41) is 12.3. The maximum Gasteiger partial charge on any atom is 0.360 e. The lowest BCUT2D eigenvalue weighted by atomic mass is 10.1. The highest BCUT2D eigenvalue weighted by atomic mass is 19.1. The van der Waals surface area contributed by atoms with Crippen LogP contribution in [0.4, 0.5) is 8.78 Å². The Kier molecular flexibility index (Phi) is 13.8. The van der Waals surface area contributed by atoms with Gasteiger partial charge in [0.15, 0.2) is 17.0 Å². The van der Waals surface area contributed by atoms with E-state index in [2.05, 4.69) is 65.8 Å². The molecule has 0 radical (unpaired) electrons. The standard InChI is InChI=1S/C21H24FN5O2.C13H19FN2.C8H7N3O3/c1-13-11-27(14(2)10-26(13)12-15-4-6-16(22)7-5-15)21(28)18-20(29-3)25-19-17(24-18)8-9-23-19;1-10-8-16(11(2)7-15-10)9-12-3-5-13(14)6-4-12;1-14-7-5(8(12)13)10-4-2-3-9-6(4)11-7/h4-9,13-14H,10-12H2,1-3H3,(H,23,25);3-6,10-11,15H,7-9H2,1-2H3;2-3H,1H3,(H,9,11)(H,12,13)/t13-,14+;10-,11+;/m01./s1. The van der Waals surface area contributed by atoms with Crippen LogP contribution >= 0.6 is 0 Å². The Balaban J connectivity index is 0.000000164. The van der Waals surface area contributed by atoms with Crippen molar-refractivity contribution in [3.63, 3.8) is 0 Å². The largest absolute Gasteiger partial charge is 0.479 e. The number of aromatic carboxylic acids is 1. The number of nitrogens with one attached hydrogen (secondary N) is 3. The molecule has 2 aliphatic heterocycles. The van der Waals surface area contributed by atoms with Gasteiger partial charge in [0.25, 0.3) is 5.91 Å². The van der Waals surface area contributed by atoms with Crippen LogP contribution in [0.5, 0.6) is 11.8 Å². The van der Waals surface area contributed by atoms with Gasteiger partial charge in [-0.25, -0.2) is 23.5 Å². The minimum absolute atomic E-state index is 0.00687. The van der Waals surface area contributed by atoms with Gasteiger partial charge in [-0.3, -0.25) is 14.6 Å². The number of methoxy groups -OCH3 is 2. The number of ether oxygens (including phenoxy) is 2. The van der Waals surface area contributed by atoms with Gasteiger partial charge in [-0.1, -0.05) is 24.3 Å². The highest BCUT2D eigenvalue weighted by Crippen LogP contribution is 2.25. The number of amides is 1. The zero-order chi connectivity index (χ0) is 42.2. The van der Waals surface area contributed by atoms with Crippen LogP contribution in [0, 0.1) is 11.6 Å². The van der Waals surface area contributed by atoms with Crippen LogP contribution in [-0.2, 0) is 13.1 Å². The van der Waals surface area contributed by atoms with Gasteiger partial charge in [-0.05, 0) is 75.2 Å². The molecule has 2 aliphatic rings. The SMILES string of the molecule is COc1nc2[nH]ccc2nc1C(=O)N1C[C@H](C)N(Cc2ccc(F)cc2)C[C@H]1C.COc1nc2[nH]ccc2nc1C(=O)O.C[C@@H]1CN(Cc2ccc(F)cc2)[C@@H](C)CN1. The molecule has 15 nitrogen and oxygen atoms in total. The fraction of sp³-hybridized carbons (Fsp3) is 0.381. The molecule has 2 aromatic carbocycles. The summed E-state index contributed by atoms with van der Waals surface area (Å²) in [6.45, 7) is 13.5. The molecule has 4 aromatic heterocycles. The molecule has 0 unspecified atom stereocenters. The van der Waals surface area contributed by atoms with Crippen molar-refractivity contribution in [1.29, 1.82) is 0 Å². The number of aromatic amines is 2. The van der Waals surface area contributed by atoms with E-state index in [-0.39, 0.29) is 52.8 Å². The predicted octanol–water partition coefficient (Wildman–Crippen LogP) is 5.51. The van der Waals surface area contributed by atoms with Crippen molar-refractivity contribution >= 4 is 34.2 Å². The van der Waals surface area contributed by atoms with Crippen LogP contribution in [0.3, 0.4) is 0 Å². The lowest BCUT2D eigenvalue weighted by molar-refractivity contribution is 0.0283. The fourth-order valence-corrected chi connectivity index (χ4v) is 7.08. The molecule has 2 saturated heterocycles. The van der Waals surface area contributed by atoms with Gasteiger partial charge in [0.1, 0.15) is 22.7 Å². The molecule has 2 fully saturated rings. The van der Waals surface area contributed by atoms with Gasteiger partial charge in [-0.2, -0.15) is 9.97 Å². The molecule has 8 rings (SSSR count). The first-order valence-electron chi connectivity index (χ1n) is 19.4. The van der Waals surface area contributed by atoms with Gasteiger partial charge >= 0.3 is 5.97 Å². The third-order valence-corrected chi connectivity index (χ3v) is 10.4. The van der Waals surface area contributed by atoms with Gasteiger partial charge in [-0.15, -0.1) is 0 Å². The number of carboxylic acids is 1. The number of aromatic nitrogens is 6. The Hall–Kier alpha value is -6.04. The van der Waals surface area contributed by atoms with Crippen LogP contribution in [0.2, 0.25) is 0 Å². The number of carbonyl (C=O) groups is 2. The Bertz CT molecular complexity index is 2340. The van der Waals surface area contributed by atoms with E-state index >= 15 is 0 Å². The molecule has 0 aliphatic carbocycles. The smallest absolute Gasteiger partial charge is 0.360 e. The molecule has 1 amide bonds. The lowest BCUT2D eigenvalue weighted by Gasteiger charge is -2.44. The van der Waals surface area contributed by atoms with E-state index in [1.165, 1.54) is 44.0 Å². The maximum absolute atomic E-state index is 13.3. The van der Waals surface area contributed by atoms with Crippen molar-refractivity contribution < 1.29 is 33.0 Å². The second-order valence-corrected chi connectivity index (χ2v) is 14.8. The van der Waals surface area contributed by atoms with E-state index in [0.29, 0.717) is 54.0 Å². The molecule has 17 heteroatoms. The minimum Gasteiger partial charge on any atom is -0.479 e. The van der Waals surface area contributed by atoms with Crippen molar-refractivity contribution in [2.24, 2.45) is 0 Å². The number of hydrogen-bond donors (Lipinski definition) is 4. The summed E-state index contributed by atoms with van der Waals surface area (Å²) in [5.74, 6) is -1.51. The van der Waals surface area contributed by atoms with E-state index in [9.17, 15) is 18.4 Å². The monoisotopic (exact) mass is 812 g/mol. The topological polar surface area (TPSA) is 178 Å². The minimum atomic E-state index is -1.16. The van der Waals surface area contributed by atoms with Crippen LogP contribution in [0.15, 0.2) is 73.1 Å². The Labute approximate surface area is 340 Å². The average molecular weight is 813 g/mol. The second-order valence-electron chi connectivity index (χ2n) is 14.8. The molecule has 59 heavy (non-hydrogen) atoms. The van der Waals surface area contributed by atoms with Crippen molar-refractivity contribution in [3.05, 3.63) is 107 Å². The fourth-order valence-electron chi connectivity index (χ4n) is 7.08. The van der Waals surface area contributed by atoms with Gasteiger partial charge in [0, 0.05) is 75.8 Å². The summed E-state index contributed by atoms with van der Waals surface area (Å²) in [7, 11) is 2.84. The van der Waals surface area contributed by atoms with Crippen LogP contribution in [-0.4, -0.2) is 126 Å². The van der Waals surface area contributed by atoms with Gasteiger partial charge in [0.05, 0.1) is 14.2 Å². The van der Waals surface area contributed by atoms with Crippen molar-refractivity contribution in [2.75, 3.05) is 40.4 Å². The molecule has 4 atom stereocenters. The number of H-pyrrole nitrogens is 2. The molecule has 0 saturated carbocycles. The first kappa shape index (κ1) is 42.6. The Morgan fingerprint density at radius 3 is 1.68 bits per heavy atom. The van der Waals surface area contributed by atoms with Gasteiger partial charge in [0.2, 0.25) is 17.5 Å². The van der Waals surface area contributed by atoms with Crippen molar-refractivity contribution in [2.45, 2.75) is 65.0 Å². The normalized spacial score (nSPS) is 19.7. The highest BCUT2D eigenvalue weighted by molar-refractivity contribution is 5.96. The number of rotatable bonds is 8. The number of hydrogen-bond acceptors (Lipinski definition) is 11. The lowest BCUT2D eigenvalue weighted by Crippen LogP contribution is -2.57. The van der Waals surface area contributed by atoms with E-state index in [1.54, 1.807) is 36.7 Å². The number of piperazine rings is 2. The molecule has 4 N–H and O–H groups in total. The number of carbonyl (C=O) groups excluding carboxylic acids is 1. The van der Waals surface area contributed by atoms with Gasteiger partial charge < -0.3 is 34.8 Å². The number of benzene rings is 2. The zero-order valence-corrected chi connectivity index (χ0v) is 33.9. The molecular formula is C42H50F2N10O5. The number of carboxylic acid groups (broad SMARTS) is 1. The molecule has 312 valence electrons. The highest BCUT2D eigenvalue weighted by Gasteiger charge is 2.35. The molecular weight excluding hydrogens is 763 g/mol. The van der Waals surface area contributed by atoms with Crippen LogP contribution in [0.1, 0.15) is 59.8 Å². The summed E-state index contributed by atoms with van der Waals surface area (Å²) >= 11 is 0. The van der Waals surface area contributed by atoms with E-state index < -0.39 is 5.97 Å². The van der Waals surface area contributed by atoms with Crippen molar-refractivity contribution in [1.82, 2.24) is 49.9 Å². The number of fused-ring (bicyclic) bond motifs is 2. The molecule has 0 bridgehead atoms. The summed E-state index contributed by atoms with van der Waals surface area (Å²) in [6, 6.07) is 18.0. The second kappa shape index (κ2) is 19.1. The summed E-state index contributed by atoms with van der Waals surface area (Å²) < 4.78 is 36.1. The summed E-state index contributed by atoms with van der Waals surface area (Å²) in [5.41, 5.74) is 4.51. The Morgan fingerprint density at radius 2 is 1.17 bits per heavy atom.